The van der Waals surface area contributed by atoms with Gasteiger partial charge in [0.15, 0.2) is 11.0 Å². The van der Waals surface area contributed by atoms with E-state index in [1.807, 2.05) is 39.0 Å². The number of benzene rings is 1. The summed E-state index contributed by atoms with van der Waals surface area (Å²) in [4.78, 5) is 25.4. The summed E-state index contributed by atoms with van der Waals surface area (Å²) < 4.78 is 33.8. The van der Waals surface area contributed by atoms with Crippen LogP contribution in [0.3, 0.4) is 0 Å². The van der Waals surface area contributed by atoms with Gasteiger partial charge in [-0.15, -0.1) is 0 Å². The van der Waals surface area contributed by atoms with Crippen LogP contribution in [0.5, 0.6) is 0 Å². The Morgan fingerprint density at radius 3 is 2.74 bits per heavy atom. The van der Waals surface area contributed by atoms with Crippen molar-refractivity contribution < 1.29 is 22.7 Å². The van der Waals surface area contributed by atoms with Crippen molar-refractivity contribution in [3.8, 4) is 11.1 Å². The van der Waals surface area contributed by atoms with Gasteiger partial charge in [0.1, 0.15) is 10.7 Å². The molecule has 0 bridgehead atoms. The maximum atomic E-state index is 13.0. The number of sulfonamides is 1. The zero-order chi connectivity index (χ0) is 27.8. The minimum Gasteiger partial charge on any atom is -0.445 e. The van der Waals surface area contributed by atoms with E-state index >= 15 is 0 Å². The fraction of sp³-hybridized carbons (Fsp3) is 0.385. The van der Waals surface area contributed by atoms with Gasteiger partial charge in [-0.25, -0.2) is 23.2 Å². The number of nitrogens with one attached hydrogen (secondary N) is 2. The van der Waals surface area contributed by atoms with Crippen molar-refractivity contribution in [1.82, 2.24) is 24.6 Å². The third-order valence-electron chi connectivity index (χ3n) is 6.34. The maximum absolute atomic E-state index is 13.0. The quantitative estimate of drug-likeness (QED) is 0.304. The molecule has 1 atom stereocenters. The number of rotatable bonds is 7. The molecule has 3 aromatic heterocycles. The first kappa shape index (κ1) is 27.2. The van der Waals surface area contributed by atoms with Crippen molar-refractivity contribution in [3.63, 3.8) is 0 Å². The van der Waals surface area contributed by atoms with Gasteiger partial charge in [-0.3, -0.25) is 10.3 Å². The molecular weight excluding hydrogens is 540 g/mol. The van der Waals surface area contributed by atoms with E-state index in [1.54, 1.807) is 18.5 Å². The second-order valence-electron chi connectivity index (χ2n) is 10.4. The number of β-amino-alcohol motifs (C(OH)–C–C–N with tert-alkyl or cyclic N) is 1. The SMILES string of the molecule is CC(C)(C)c1cnc(CCNC(=O)Nc2nc3ccc(-c4cncc(S(=O)(=O)N5CCC(O)C5)c4)cc3s2)o1. The number of hydrogen-bond donors (Lipinski definition) is 3. The third-order valence-corrected chi connectivity index (χ3v) is 9.10. The molecule has 206 valence electrons. The van der Waals surface area contributed by atoms with E-state index in [0.717, 1.165) is 16.0 Å². The average Bonchev–Trinajstić information content (AvgIpc) is 3.63. The predicted octanol–water partition coefficient (Wildman–Crippen LogP) is 3.76. The standard InChI is InChI=1S/C26H30N6O5S2/c1-26(2,3)22-14-29-23(37-22)6-8-28-24(34)31-25-30-20-5-4-16(11-21(20)38-25)17-10-19(13-27-12-17)39(35,36)32-9-7-18(33)15-32/h4-5,10-14,18,33H,6-9,15H2,1-3H3,(H2,28,30,31,34). The highest BCUT2D eigenvalue weighted by Crippen LogP contribution is 2.32. The molecule has 13 heteroatoms. The Morgan fingerprint density at radius 2 is 2.03 bits per heavy atom. The molecule has 11 nitrogen and oxygen atoms in total. The van der Waals surface area contributed by atoms with Crippen molar-refractivity contribution in [2.75, 3.05) is 25.0 Å². The number of oxazole rings is 1. The topological polar surface area (TPSA) is 151 Å². The van der Waals surface area contributed by atoms with Crippen LogP contribution < -0.4 is 10.6 Å². The number of nitrogens with zero attached hydrogens (tertiary/aromatic N) is 4. The molecule has 39 heavy (non-hydrogen) atoms. The van der Waals surface area contributed by atoms with E-state index in [9.17, 15) is 18.3 Å². The average molecular weight is 571 g/mol. The van der Waals surface area contributed by atoms with Crippen molar-refractivity contribution >= 4 is 42.7 Å². The Balaban J connectivity index is 1.23. The number of hydrogen-bond acceptors (Lipinski definition) is 9. The lowest BCUT2D eigenvalue weighted by molar-refractivity contribution is 0.189. The molecule has 1 saturated heterocycles. The molecule has 1 unspecified atom stereocenters. The van der Waals surface area contributed by atoms with Crippen LogP contribution in [0, 0.1) is 0 Å². The highest BCUT2D eigenvalue weighted by Gasteiger charge is 2.32. The van der Waals surface area contributed by atoms with E-state index in [2.05, 4.69) is 25.6 Å². The van der Waals surface area contributed by atoms with Gasteiger partial charge in [-0.2, -0.15) is 4.31 Å². The van der Waals surface area contributed by atoms with E-state index in [1.165, 1.54) is 21.8 Å². The molecule has 1 fully saturated rings. The smallest absolute Gasteiger partial charge is 0.321 e. The number of thiazole rings is 1. The van der Waals surface area contributed by atoms with Crippen molar-refractivity contribution in [2.45, 2.75) is 50.0 Å². The molecule has 4 heterocycles. The summed E-state index contributed by atoms with van der Waals surface area (Å²) in [5.41, 5.74) is 1.99. The van der Waals surface area contributed by atoms with Gasteiger partial charge >= 0.3 is 6.03 Å². The molecular formula is C26H30N6O5S2. The van der Waals surface area contributed by atoms with Gasteiger partial charge in [0, 0.05) is 49.4 Å². The minimum absolute atomic E-state index is 0.0805. The van der Waals surface area contributed by atoms with Crippen LogP contribution in [-0.2, 0) is 21.9 Å². The first-order chi connectivity index (χ1) is 18.5. The molecule has 0 spiro atoms. The van der Waals surface area contributed by atoms with Crippen molar-refractivity contribution in [3.05, 3.63) is 54.5 Å². The molecule has 1 aliphatic heterocycles. The molecule has 2 amide bonds. The summed E-state index contributed by atoms with van der Waals surface area (Å²) in [6.45, 7) is 6.86. The van der Waals surface area contributed by atoms with Gasteiger partial charge in [0.05, 0.1) is 22.5 Å². The molecule has 5 rings (SSSR count). The summed E-state index contributed by atoms with van der Waals surface area (Å²) >= 11 is 1.31. The van der Waals surface area contributed by atoms with E-state index in [0.29, 0.717) is 41.5 Å². The van der Waals surface area contributed by atoms with Crippen LogP contribution >= 0.6 is 11.3 Å². The van der Waals surface area contributed by atoms with E-state index < -0.39 is 16.1 Å². The first-order valence-corrected chi connectivity index (χ1v) is 14.8. The summed E-state index contributed by atoms with van der Waals surface area (Å²) in [6, 6.07) is 6.74. The zero-order valence-electron chi connectivity index (χ0n) is 21.8. The molecule has 0 saturated carbocycles. The van der Waals surface area contributed by atoms with Crippen LogP contribution in [0.1, 0.15) is 38.8 Å². The minimum atomic E-state index is -3.75. The second kappa shape index (κ2) is 10.6. The summed E-state index contributed by atoms with van der Waals surface area (Å²) in [6.07, 6.45) is 4.88. The zero-order valence-corrected chi connectivity index (χ0v) is 23.5. The summed E-state index contributed by atoms with van der Waals surface area (Å²) in [7, 11) is -3.75. The molecule has 0 aliphatic carbocycles. The van der Waals surface area contributed by atoms with E-state index in [4.69, 9.17) is 4.42 Å². The third kappa shape index (κ3) is 6.11. The Hall–Kier alpha value is -3.39. The highest BCUT2D eigenvalue weighted by molar-refractivity contribution is 7.89. The van der Waals surface area contributed by atoms with Gasteiger partial charge in [0.25, 0.3) is 0 Å². The van der Waals surface area contributed by atoms with Crippen LogP contribution in [0.2, 0.25) is 0 Å². The number of fused-ring (bicyclic) bond motifs is 1. The van der Waals surface area contributed by atoms with Crippen LogP contribution in [0.25, 0.3) is 21.3 Å². The maximum Gasteiger partial charge on any atom is 0.321 e. The second-order valence-corrected chi connectivity index (χ2v) is 13.4. The Labute approximate surface area is 230 Å². The molecule has 1 aliphatic rings. The van der Waals surface area contributed by atoms with Crippen LogP contribution in [-0.4, -0.2) is 64.6 Å². The largest absolute Gasteiger partial charge is 0.445 e. The Morgan fingerprint density at radius 1 is 1.21 bits per heavy atom. The number of urea groups is 1. The predicted molar refractivity (Wildman–Crippen MR) is 148 cm³/mol. The fourth-order valence-electron chi connectivity index (χ4n) is 4.15. The number of amides is 2. The lowest BCUT2D eigenvalue weighted by atomic mass is 9.94. The normalized spacial score (nSPS) is 16.6. The first-order valence-electron chi connectivity index (χ1n) is 12.5. The number of carbonyl (C=O) groups excluding carboxylic acids is 1. The Bertz CT molecular complexity index is 1610. The molecule has 1 aromatic carbocycles. The fourth-order valence-corrected chi connectivity index (χ4v) is 6.53. The number of aliphatic hydroxyl groups is 1. The molecule has 0 radical (unpaired) electrons. The van der Waals surface area contributed by atoms with Crippen LogP contribution in [0.4, 0.5) is 9.93 Å². The van der Waals surface area contributed by atoms with Gasteiger partial charge < -0.3 is 14.8 Å². The van der Waals surface area contributed by atoms with E-state index in [-0.39, 0.29) is 29.4 Å². The van der Waals surface area contributed by atoms with Crippen LogP contribution in [0.15, 0.2) is 52.2 Å². The van der Waals surface area contributed by atoms with Crippen molar-refractivity contribution in [1.29, 1.82) is 0 Å². The number of anilines is 1. The number of carbonyl (C=O) groups is 1. The molecule has 3 N–H and O–H groups in total. The van der Waals surface area contributed by atoms with Crippen molar-refractivity contribution in [2.24, 2.45) is 0 Å². The lowest BCUT2D eigenvalue weighted by Gasteiger charge is -2.16. The molecule has 4 aromatic rings. The van der Waals surface area contributed by atoms with Gasteiger partial charge in [0.2, 0.25) is 10.0 Å². The van der Waals surface area contributed by atoms with Gasteiger partial charge in [-0.05, 0) is 30.2 Å². The number of aromatic nitrogens is 3. The Kier molecular flexibility index (Phi) is 7.42. The monoisotopic (exact) mass is 570 g/mol. The summed E-state index contributed by atoms with van der Waals surface area (Å²) in [5, 5.41) is 15.7. The number of pyridine rings is 1. The highest BCUT2D eigenvalue weighted by atomic mass is 32.2. The number of aliphatic hydroxyl groups excluding tert-OH is 1. The lowest BCUT2D eigenvalue weighted by Crippen LogP contribution is -2.30. The summed E-state index contributed by atoms with van der Waals surface area (Å²) in [5.74, 6) is 1.36. The van der Waals surface area contributed by atoms with Gasteiger partial charge in [-0.1, -0.05) is 38.2 Å².